The molecule has 0 unspecified atom stereocenters. The highest BCUT2D eigenvalue weighted by atomic mass is 79.9. The molecule has 0 radical (unpaired) electrons. The number of phenolic OH excluding ortho intramolecular Hbond substituents is 1. The normalized spacial score (nSPS) is 15.2. The summed E-state index contributed by atoms with van der Waals surface area (Å²) < 4.78 is 35.3. The average molecular weight is 824 g/mol. The van der Waals surface area contributed by atoms with E-state index in [2.05, 4.69) is 47.4 Å². The Morgan fingerprint density at radius 1 is 1.13 bits per heavy atom. The molecule has 1 fully saturated rings. The van der Waals surface area contributed by atoms with Crippen LogP contribution in [0.15, 0.2) is 106 Å². The van der Waals surface area contributed by atoms with Gasteiger partial charge in [0.05, 0.1) is 33.3 Å². The van der Waals surface area contributed by atoms with Crippen LogP contribution in [0.4, 0.5) is 5.69 Å². The SMILES string of the molecule is NS(=O)(=O)c1ccc(NC(=O)COc2ccc(Cl)cc2/C=C2\S/C(=N\N=C\c3cc(Br)cc(Br)c3O)N(Cc3ccco3)C2=O)cc1. The van der Waals surface area contributed by atoms with Gasteiger partial charge in [-0.15, -0.1) is 5.10 Å². The first-order chi connectivity index (χ1) is 22.4. The smallest absolute Gasteiger partial charge is 0.267 e. The van der Waals surface area contributed by atoms with E-state index in [-0.39, 0.29) is 38.9 Å². The Kier molecular flexibility index (Phi) is 10.9. The Balaban J connectivity index is 1.36. The fraction of sp³-hybridized carbons (Fsp3) is 0.0667. The molecular weight excluding hydrogens is 802 g/mol. The van der Waals surface area contributed by atoms with Crippen LogP contribution in [-0.2, 0) is 26.2 Å². The maximum Gasteiger partial charge on any atom is 0.267 e. The summed E-state index contributed by atoms with van der Waals surface area (Å²) >= 11 is 14.0. The molecule has 0 bridgehead atoms. The Morgan fingerprint density at radius 2 is 1.89 bits per heavy atom. The second kappa shape index (κ2) is 14.9. The first-order valence-electron chi connectivity index (χ1n) is 13.3. The number of thioether (sulfide) groups is 1. The van der Waals surface area contributed by atoms with Crippen molar-refractivity contribution in [3.05, 3.63) is 109 Å². The molecule has 0 aliphatic carbocycles. The zero-order valence-corrected chi connectivity index (χ0v) is 29.3. The standard InChI is InChI=1S/C30H22Br2ClN5O7S2/c31-19-10-18(28(40)24(32)13-19)14-35-37-30-38(15-22-2-1-9-44-22)29(41)26(46-30)12-17-11-20(33)3-8-25(17)45-16-27(39)36-21-4-6-23(7-5-21)47(34,42)43/h1-14,40H,15-16H2,(H,36,39)(H2,34,42,43)/b26-12-,35-14+,37-30-. The quantitative estimate of drug-likeness (QED) is 0.0944. The van der Waals surface area contributed by atoms with E-state index in [1.165, 1.54) is 41.6 Å². The molecule has 0 saturated carbocycles. The van der Waals surface area contributed by atoms with Crippen molar-refractivity contribution in [2.24, 2.45) is 15.3 Å². The zero-order chi connectivity index (χ0) is 33.7. The van der Waals surface area contributed by atoms with Crippen molar-refractivity contribution >= 4 is 100 Å². The lowest BCUT2D eigenvalue weighted by atomic mass is 10.2. The van der Waals surface area contributed by atoms with E-state index in [1.807, 2.05) is 0 Å². The van der Waals surface area contributed by atoms with Crippen molar-refractivity contribution in [1.82, 2.24) is 4.90 Å². The molecular formula is C30H22Br2ClN5O7S2. The molecule has 1 saturated heterocycles. The van der Waals surface area contributed by atoms with E-state index in [4.69, 9.17) is 25.9 Å². The van der Waals surface area contributed by atoms with Crippen molar-refractivity contribution in [2.75, 3.05) is 11.9 Å². The fourth-order valence-electron chi connectivity index (χ4n) is 4.08. The Hall–Kier alpha value is -3.93. The van der Waals surface area contributed by atoms with Gasteiger partial charge >= 0.3 is 0 Å². The van der Waals surface area contributed by atoms with Gasteiger partial charge in [0.1, 0.15) is 17.3 Å². The molecule has 4 N–H and O–H groups in total. The van der Waals surface area contributed by atoms with Gasteiger partial charge in [-0.1, -0.05) is 27.5 Å². The number of nitrogens with two attached hydrogens (primary N) is 1. The van der Waals surface area contributed by atoms with E-state index in [0.29, 0.717) is 36.5 Å². The number of carbonyl (C=O) groups is 2. The van der Waals surface area contributed by atoms with Gasteiger partial charge in [0, 0.05) is 26.3 Å². The Bertz CT molecular complexity index is 2040. The van der Waals surface area contributed by atoms with Crippen LogP contribution in [-0.4, -0.2) is 48.2 Å². The number of aromatic hydroxyl groups is 1. The molecule has 0 atom stereocenters. The van der Waals surface area contributed by atoms with Crippen LogP contribution in [0.25, 0.3) is 6.08 Å². The highest BCUT2D eigenvalue weighted by Crippen LogP contribution is 2.36. The number of amidine groups is 1. The summed E-state index contributed by atoms with van der Waals surface area (Å²) in [6, 6.07) is 16.8. The molecule has 1 aliphatic heterocycles. The van der Waals surface area contributed by atoms with Crippen LogP contribution in [0.2, 0.25) is 5.02 Å². The maximum absolute atomic E-state index is 13.6. The number of phenols is 1. The van der Waals surface area contributed by atoms with Crippen LogP contribution in [0, 0.1) is 0 Å². The van der Waals surface area contributed by atoms with Crippen LogP contribution >= 0.6 is 55.2 Å². The van der Waals surface area contributed by atoms with Gasteiger partial charge in [-0.25, -0.2) is 13.6 Å². The van der Waals surface area contributed by atoms with E-state index in [0.717, 1.165) is 11.8 Å². The number of nitrogens with zero attached hydrogens (tertiary/aromatic N) is 3. The fourth-order valence-corrected chi connectivity index (χ4v) is 6.96. The minimum atomic E-state index is -3.87. The first kappa shape index (κ1) is 34.4. The van der Waals surface area contributed by atoms with Crippen molar-refractivity contribution in [3.63, 3.8) is 0 Å². The number of benzene rings is 3. The first-order valence-corrected chi connectivity index (χ1v) is 17.6. The molecule has 12 nitrogen and oxygen atoms in total. The number of anilines is 1. The molecule has 3 aromatic carbocycles. The summed E-state index contributed by atoms with van der Waals surface area (Å²) in [4.78, 5) is 27.8. The number of ether oxygens (including phenoxy) is 1. The summed E-state index contributed by atoms with van der Waals surface area (Å²) in [7, 11) is -3.87. The summed E-state index contributed by atoms with van der Waals surface area (Å²) in [6.07, 6.45) is 4.42. The molecule has 2 heterocycles. The third-order valence-electron chi connectivity index (χ3n) is 6.26. The lowest BCUT2D eigenvalue weighted by molar-refractivity contribution is -0.122. The predicted octanol–water partition coefficient (Wildman–Crippen LogP) is 6.34. The average Bonchev–Trinajstić information content (AvgIpc) is 3.63. The van der Waals surface area contributed by atoms with Gasteiger partial charge in [-0.05, 0) is 100 Å². The number of furan rings is 1. The number of sulfonamides is 1. The van der Waals surface area contributed by atoms with Crippen LogP contribution in [0.3, 0.4) is 0 Å². The maximum atomic E-state index is 13.6. The lowest BCUT2D eigenvalue weighted by Crippen LogP contribution is -2.28. The van der Waals surface area contributed by atoms with E-state index >= 15 is 0 Å². The third kappa shape index (κ3) is 8.91. The Morgan fingerprint density at radius 3 is 2.60 bits per heavy atom. The van der Waals surface area contributed by atoms with Crippen molar-refractivity contribution in [3.8, 4) is 11.5 Å². The van der Waals surface area contributed by atoms with Crippen LogP contribution < -0.4 is 15.2 Å². The minimum Gasteiger partial charge on any atom is -0.506 e. The number of hydrogen-bond donors (Lipinski definition) is 3. The summed E-state index contributed by atoms with van der Waals surface area (Å²) in [5.41, 5.74) is 1.15. The molecule has 5 rings (SSSR count). The summed E-state index contributed by atoms with van der Waals surface area (Å²) in [6.45, 7) is -0.324. The lowest BCUT2D eigenvalue weighted by Gasteiger charge is -2.13. The van der Waals surface area contributed by atoms with Crippen LogP contribution in [0.1, 0.15) is 16.9 Å². The van der Waals surface area contributed by atoms with E-state index in [9.17, 15) is 23.1 Å². The Labute approximate surface area is 294 Å². The number of hydrogen-bond acceptors (Lipinski definition) is 10. The second-order valence-corrected chi connectivity index (χ2v) is 14.4. The highest BCUT2D eigenvalue weighted by molar-refractivity contribution is 9.11. The molecule has 242 valence electrons. The number of halogens is 3. The van der Waals surface area contributed by atoms with Gasteiger partial charge in [-0.3, -0.25) is 14.5 Å². The van der Waals surface area contributed by atoms with Gasteiger partial charge in [0.25, 0.3) is 11.8 Å². The molecule has 1 aliphatic rings. The van der Waals surface area contributed by atoms with Crippen molar-refractivity contribution < 1.29 is 32.3 Å². The number of amides is 2. The highest BCUT2D eigenvalue weighted by Gasteiger charge is 2.34. The van der Waals surface area contributed by atoms with Gasteiger partial charge < -0.3 is 19.6 Å². The molecule has 4 aromatic rings. The molecule has 47 heavy (non-hydrogen) atoms. The number of carbonyl (C=O) groups excluding carboxylic acids is 2. The monoisotopic (exact) mass is 821 g/mol. The summed E-state index contributed by atoms with van der Waals surface area (Å²) in [5, 5.41) is 27.1. The third-order valence-corrected chi connectivity index (χ3v) is 9.49. The van der Waals surface area contributed by atoms with Crippen LogP contribution in [0.5, 0.6) is 11.5 Å². The molecule has 1 aromatic heterocycles. The second-order valence-electron chi connectivity index (χ2n) is 9.62. The van der Waals surface area contributed by atoms with Gasteiger partial charge in [0.2, 0.25) is 10.0 Å². The number of primary sulfonamides is 1. The van der Waals surface area contributed by atoms with Crippen molar-refractivity contribution in [2.45, 2.75) is 11.4 Å². The van der Waals surface area contributed by atoms with Gasteiger partial charge in [0.15, 0.2) is 11.8 Å². The minimum absolute atomic E-state index is 0.0255. The number of rotatable bonds is 10. The number of nitrogens with one attached hydrogen (secondary N) is 1. The molecule has 2 amide bonds. The summed E-state index contributed by atoms with van der Waals surface area (Å²) in [5.74, 6) is -0.148. The van der Waals surface area contributed by atoms with Crippen molar-refractivity contribution in [1.29, 1.82) is 0 Å². The molecule has 17 heteroatoms. The largest absolute Gasteiger partial charge is 0.506 e. The van der Waals surface area contributed by atoms with Gasteiger partial charge in [-0.2, -0.15) is 5.10 Å². The molecule has 0 spiro atoms. The zero-order valence-electron chi connectivity index (χ0n) is 23.8. The predicted molar refractivity (Wildman–Crippen MR) is 187 cm³/mol. The topological polar surface area (TPSA) is 177 Å². The van der Waals surface area contributed by atoms with E-state index < -0.39 is 22.5 Å². The van der Waals surface area contributed by atoms with E-state index in [1.54, 1.807) is 48.5 Å².